The Kier molecular flexibility index (Phi) is 4.28. The molecule has 0 radical (unpaired) electrons. The van der Waals surface area contributed by atoms with Crippen molar-refractivity contribution >= 4 is 5.82 Å². The predicted molar refractivity (Wildman–Crippen MR) is 67.3 cm³/mol. The van der Waals surface area contributed by atoms with E-state index < -0.39 is 0 Å². The van der Waals surface area contributed by atoms with E-state index in [4.69, 9.17) is 4.74 Å². The van der Waals surface area contributed by atoms with E-state index in [2.05, 4.69) is 20.4 Å². The number of morpholine rings is 1. The Hall–Kier alpha value is -1.20. The summed E-state index contributed by atoms with van der Waals surface area (Å²) in [6.07, 6.45) is 1.34. The third-order valence-electron chi connectivity index (χ3n) is 2.97. The van der Waals surface area contributed by atoms with Crippen LogP contribution < -0.4 is 10.2 Å². The van der Waals surface area contributed by atoms with E-state index in [0.717, 1.165) is 44.2 Å². The highest BCUT2D eigenvalue weighted by Gasteiger charge is 2.14. The van der Waals surface area contributed by atoms with Crippen molar-refractivity contribution in [2.75, 3.05) is 38.2 Å². The van der Waals surface area contributed by atoms with E-state index in [-0.39, 0.29) is 0 Å². The third-order valence-corrected chi connectivity index (χ3v) is 2.97. The molecule has 0 aromatic carbocycles. The molecule has 5 nitrogen and oxygen atoms in total. The number of hydrogen-bond donors (Lipinski definition) is 1. The van der Waals surface area contributed by atoms with Gasteiger partial charge in [-0.25, -0.2) is 0 Å². The lowest BCUT2D eigenvalue weighted by Crippen LogP contribution is -2.40. The van der Waals surface area contributed by atoms with Gasteiger partial charge in [-0.3, -0.25) is 0 Å². The standard InChI is InChI=1S/C12H20N4O/c1-10-3-4-12(15-14-10)16(2)7-5-11-9-13-6-8-17-11/h3-4,11,13H,5-9H2,1-2H3. The summed E-state index contributed by atoms with van der Waals surface area (Å²) < 4.78 is 5.66. The summed E-state index contributed by atoms with van der Waals surface area (Å²) in [5, 5.41) is 11.6. The Morgan fingerprint density at radius 3 is 3.00 bits per heavy atom. The molecule has 0 aliphatic carbocycles. The van der Waals surface area contributed by atoms with Crippen LogP contribution in [0.5, 0.6) is 0 Å². The van der Waals surface area contributed by atoms with E-state index in [1.807, 2.05) is 26.1 Å². The third kappa shape index (κ3) is 3.64. The van der Waals surface area contributed by atoms with E-state index in [9.17, 15) is 0 Å². The van der Waals surface area contributed by atoms with Crippen molar-refractivity contribution < 1.29 is 4.74 Å². The highest BCUT2D eigenvalue weighted by Crippen LogP contribution is 2.09. The molecule has 5 heteroatoms. The number of aromatic nitrogens is 2. The molecule has 1 aliphatic heterocycles. The molecule has 0 bridgehead atoms. The fourth-order valence-corrected chi connectivity index (χ4v) is 1.85. The Balaban J connectivity index is 1.80. The molecule has 1 aliphatic rings. The monoisotopic (exact) mass is 236 g/mol. The molecule has 1 saturated heterocycles. The van der Waals surface area contributed by atoms with Crippen molar-refractivity contribution in [1.29, 1.82) is 0 Å². The van der Waals surface area contributed by atoms with Crippen molar-refractivity contribution in [3.8, 4) is 0 Å². The summed E-state index contributed by atoms with van der Waals surface area (Å²) in [6, 6.07) is 3.99. The second kappa shape index (κ2) is 5.93. The zero-order chi connectivity index (χ0) is 12.1. The lowest BCUT2D eigenvalue weighted by atomic mass is 10.2. The van der Waals surface area contributed by atoms with Crippen molar-refractivity contribution in [3.63, 3.8) is 0 Å². The van der Waals surface area contributed by atoms with Gasteiger partial charge in [0.25, 0.3) is 0 Å². The summed E-state index contributed by atoms with van der Waals surface area (Å²) in [6.45, 7) is 5.62. The molecule has 2 heterocycles. The maximum Gasteiger partial charge on any atom is 0.150 e. The number of anilines is 1. The fourth-order valence-electron chi connectivity index (χ4n) is 1.85. The van der Waals surface area contributed by atoms with Gasteiger partial charge < -0.3 is 15.0 Å². The largest absolute Gasteiger partial charge is 0.376 e. The first-order valence-electron chi connectivity index (χ1n) is 6.09. The van der Waals surface area contributed by atoms with Gasteiger partial charge in [0.05, 0.1) is 18.4 Å². The highest BCUT2D eigenvalue weighted by molar-refractivity contribution is 5.35. The van der Waals surface area contributed by atoms with Gasteiger partial charge >= 0.3 is 0 Å². The van der Waals surface area contributed by atoms with Gasteiger partial charge in [-0.2, -0.15) is 5.10 Å². The number of hydrogen-bond acceptors (Lipinski definition) is 5. The Bertz CT molecular complexity index is 335. The first-order valence-corrected chi connectivity index (χ1v) is 6.09. The second-order valence-corrected chi connectivity index (χ2v) is 4.44. The lowest BCUT2D eigenvalue weighted by Gasteiger charge is -2.26. The van der Waals surface area contributed by atoms with Crippen LogP contribution in [0, 0.1) is 6.92 Å². The normalized spacial score (nSPS) is 20.2. The van der Waals surface area contributed by atoms with Crippen LogP contribution in [0.1, 0.15) is 12.1 Å². The maximum atomic E-state index is 5.66. The SMILES string of the molecule is Cc1ccc(N(C)CCC2CNCCO2)nn1. The van der Waals surface area contributed by atoms with Crippen molar-refractivity contribution in [3.05, 3.63) is 17.8 Å². The first-order chi connectivity index (χ1) is 8.25. The van der Waals surface area contributed by atoms with Crippen LogP contribution in [0.15, 0.2) is 12.1 Å². The van der Waals surface area contributed by atoms with Gasteiger partial charge in [0.1, 0.15) is 0 Å². The molecule has 0 saturated carbocycles. The van der Waals surface area contributed by atoms with Gasteiger partial charge in [0, 0.05) is 26.7 Å². The first kappa shape index (κ1) is 12.3. The zero-order valence-electron chi connectivity index (χ0n) is 10.5. The molecule has 1 aromatic heterocycles. The van der Waals surface area contributed by atoms with E-state index in [1.165, 1.54) is 0 Å². The number of nitrogens with one attached hydrogen (secondary N) is 1. The number of aryl methyl sites for hydroxylation is 1. The number of ether oxygens (including phenoxy) is 1. The molecule has 0 amide bonds. The van der Waals surface area contributed by atoms with Crippen molar-refractivity contribution in [1.82, 2.24) is 15.5 Å². The Morgan fingerprint density at radius 1 is 1.47 bits per heavy atom. The van der Waals surface area contributed by atoms with Gasteiger partial charge in [-0.05, 0) is 25.5 Å². The summed E-state index contributed by atoms with van der Waals surface area (Å²) in [7, 11) is 2.04. The van der Waals surface area contributed by atoms with Crippen molar-refractivity contribution in [2.45, 2.75) is 19.4 Å². The van der Waals surface area contributed by atoms with Crippen molar-refractivity contribution in [2.24, 2.45) is 0 Å². The zero-order valence-corrected chi connectivity index (χ0v) is 10.5. The van der Waals surface area contributed by atoms with Crippen LogP contribution in [0.4, 0.5) is 5.82 Å². The summed E-state index contributed by atoms with van der Waals surface area (Å²) in [5.74, 6) is 0.916. The molecule has 1 aromatic rings. The van der Waals surface area contributed by atoms with Gasteiger partial charge in [0.15, 0.2) is 5.82 Å². The van der Waals surface area contributed by atoms with Crippen LogP contribution in [-0.4, -0.2) is 49.6 Å². The number of rotatable bonds is 4. The lowest BCUT2D eigenvalue weighted by molar-refractivity contribution is 0.0250. The smallest absolute Gasteiger partial charge is 0.150 e. The van der Waals surface area contributed by atoms with Gasteiger partial charge in [-0.1, -0.05) is 0 Å². The highest BCUT2D eigenvalue weighted by atomic mass is 16.5. The summed E-state index contributed by atoms with van der Waals surface area (Å²) >= 11 is 0. The minimum Gasteiger partial charge on any atom is -0.376 e. The molecule has 1 atom stereocenters. The fraction of sp³-hybridized carbons (Fsp3) is 0.667. The van der Waals surface area contributed by atoms with Gasteiger partial charge in [0.2, 0.25) is 0 Å². The molecule has 2 rings (SSSR count). The second-order valence-electron chi connectivity index (χ2n) is 4.44. The van der Waals surface area contributed by atoms with Crippen LogP contribution in [0.3, 0.4) is 0 Å². The molecule has 1 N–H and O–H groups in total. The molecule has 94 valence electrons. The molecule has 1 unspecified atom stereocenters. The van der Waals surface area contributed by atoms with E-state index in [0.29, 0.717) is 6.10 Å². The predicted octanol–water partition coefficient (Wildman–Crippen LogP) is 0.600. The topological polar surface area (TPSA) is 50.3 Å². The number of nitrogens with zero attached hydrogens (tertiary/aromatic N) is 3. The molecule has 0 spiro atoms. The van der Waals surface area contributed by atoms with E-state index >= 15 is 0 Å². The Labute approximate surface area is 102 Å². The maximum absolute atomic E-state index is 5.66. The Morgan fingerprint density at radius 2 is 2.35 bits per heavy atom. The molecule has 17 heavy (non-hydrogen) atoms. The van der Waals surface area contributed by atoms with Crippen LogP contribution in [-0.2, 0) is 4.74 Å². The van der Waals surface area contributed by atoms with E-state index in [1.54, 1.807) is 0 Å². The van der Waals surface area contributed by atoms with Gasteiger partial charge in [-0.15, -0.1) is 5.10 Å². The average Bonchev–Trinajstić information content (AvgIpc) is 2.38. The minimum atomic E-state index is 0.324. The van der Waals surface area contributed by atoms with Crippen LogP contribution in [0.2, 0.25) is 0 Å². The minimum absolute atomic E-state index is 0.324. The quantitative estimate of drug-likeness (QED) is 0.829. The average molecular weight is 236 g/mol. The summed E-state index contributed by atoms with van der Waals surface area (Å²) in [5.41, 5.74) is 0.946. The summed E-state index contributed by atoms with van der Waals surface area (Å²) in [4.78, 5) is 2.12. The van der Waals surface area contributed by atoms with Crippen LogP contribution in [0.25, 0.3) is 0 Å². The molecule has 1 fully saturated rings. The molecular formula is C12H20N4O. The van der Waals surface area contributed by atoms with Crippen LogP contribution >= 0.6 is 0 Å². The molecular weight excluding hydrogens is 216 g/mol.